The van der Waals surface area contributed by atoms with Crippen molar-refractivity contribution in [1.82, 2.24) is 0 Å². The summed E-state index contributed by atoms with van der Waals surface area (Å²) in [6.07, 6.45) is -0.698. The third-order valence-electron chi connectivity index (χ3n) is 4.02. The van der Waals surface area contributed by atoms with Crippen LogP contribution in [0.15, 0.2) is 42.5 Å². The van der Waals surface area contributed by atoms with Gasteiger partial charge in [0, 0.05) is 12.5 Å². The molecule has 0 amide bonds. The molecular weight excluding hydrogens is 412 g/mol. The number of aliphatic hydroxyl groups is 2. The van der Waals surface area contributed by atoms with E-state index in [0.29, 0.717) is 11.1 Å². The van der Waals surface area contributed by atoms with Crippen molar-refractivity contribution >= 4 is 18.0 Å². The highest BCUT2D eigenvalue weighted by molar-refractivity contribution is 5.89. The summed E-state index contributed by atoms with van der Waals surface area (Å²) in [6, 6.07) is 7.65. The first kappa shape index (κ1) is 23.5. The normalized spacial score (nSPS) is 13.0. The molecule has 0 radical (unpaired) electrons. The smallest absolute Gasteiger partial charge is 0.347 e. The molecule has 0 aliphatic rings. The minimum absolute atomic E-state index is 0.207. The Labute approximate surface area is 176 Å². The zero-order chi connectivity index (χ0) is 23.0. The van der Waals surface area contributed by atoms with E-state index in [1.165, 1.54) is 42.5 Å². The molecule has 2 aromatic rings. The molecule has 2 unspecified atom stereocenters. The number of ether oxygens (including phenoxy) is 2. The number of rotatable bonds is 9. The summed E-state index contributed by atoms with van der Waals surface area (Å²) >= 11 is 0. The Balaban J connectivity index is 2.12. The fourth-order valence-corrected chi connectivity index (χ4v) is 2.40. The molecule has 0 aromatic heterocycles. The monoisotopic (exact) mass is 434 g/mol. The van der Waals surface area contributed by atoms with Gasteiger partial charge in [0.2, 0.25) is 6.10 Å². The third kappa shape index (κ3) is 7.21. The van der Waals surface area contributed by atoms with Crippen LogP contribution in [-0.2, 0) is 25.5 Å². The van der Waals surface area contributed by atoms with Crippen LogP contribution in [0.25, 0.3) is 6.08 Å². The van der Waals surface area contributed by atoms with Crippen LogP contribution in [0.3, 0.4) is 0 Å². The number of carbonyl (C=O) groups is 2. The number of aliphatic hydroxyl groups excluding tert-OH is 2. The molecule has 0 fully saturated rings. The van der Waals surface area contributed by atoms with E-state index in [-0.39, 0.29) is 23.7 Å². The highest BCUT2D eigenvalue weighted by Gasteiger charge is 2.25. The van der Waals surface area contributed by atoms with E-state index < -0.39 is 43.1 Å². The van der Waals surface area contributed by atoms with Gasteiger partial charge in [0.05, 0.1) is 6.61 Å². The van der Waals surface area contributed by atoms with E-state index in [1.807, 2.05) is 0 Å². The molecule has 0 aliphatic carbocycles. The van der Waals surface area contributed by atoms with Gasteiger partial charge < -0.3 is 40.1 Å². The van der Waals surface area contributed by atoms with E-state index in [2.05, 4.69) is 0 Å². The van der Waals surface area contributed by atoms with E-state index in [4.69, 9.17) is 14.6 Å². The fraction of sp³-hybridized carbons (Fsp3) is 0.238. The zero-order valence-electron chi connectivity index (χ0n) is 16.2. The van der Waals surface area contributed by atoms with Crippen molar-refractivity contribution in [3.8, 4) is 23.0 Å². The number of phenols is 4. The van der Waals surface area contributed by atoms with E-state index in [1.54, 1.807) is 0 Å². The standard InChI is InChI=1S/C21H22O10/c22-10-14(23)11-30-21(29)19(9-13-2-5-16(25)18(27)8-13)31-20(28)6-3-12-1-4-15(24)17(26)7-12/h1-8,14,19,22-27H,9-11H2/b6-3+. The lowest BCUT2D eigenvalue weighted by atomic mass is 10.1. The molecule has 2 aromatic carbocycles. The van der Waals surface area contributed by atoms with Gasteiger partial charge in [-0.3, -0.25) is 0 Å². The number of esters is 2. The Morgan fingerprint density at radius 1 is 0.935 bits per heavy atom. The quantitative estimate of drug-likeness (QED) is 0.186. The molecule has 0 heterocycles. The molecule has 2 rings (SSSR count). The summed E-state index contributed by atoms with van der Waals surface area (Å²) in [7, 11) is 0. The maximum absolute atomic E-state index is 12.3. The second kappa shape index (κ2) is 10.9. The van der Waals surface area contributed by atoms with Crippen molar-refractivity contribution in [2.45, 2.75) is 18.6 Å². The molecular formula is C21H22O10. The van der Waals surface area contributed by atoms with Crippen LogP contribution in [0.4, 0.5) is 0 Å². The Kier molecular flexibility index (Phi) is 8.24. The van der Waals surface area contributed by atoms with Crippen molar-refractivity contribution in [1.29, 1.82) is 0 Å². The molecule has 6 N–H and O–H groups in total. The molecule has 31 heavy (non-hydrogen) atoms. The van der Waals surface area contributed by atoms with Gasteiger partial charge in [0.15, 0.2) is 23.0 Å². The van der Waals surface area contributed by atoms with E-state index in [0.717, 1.165) is 6.08 Å². The first-order valence-corrected chi connectivity index (χ1v) is 9.06. The Hall–Kier alpha value is -3.76. The van der Waals surface area contributed by atoms with Crippen LogP contribution in [-0.4, -0.2) is 68.0 Å². The zero-order valence-corrected chi connectivity index (χ0v) is 16.2. The molecule has 0 spiro atoms. The molecule has 10 nitrogen and oxygen atoms in total. The van der Waals surface area contributed by atoms with Crippen LogP contribution in [0, 0.1) is 0 Å². The Morgan fingerprint density at radius 2 is 1.58 bits per heavy atom. The minimum Gasteiger partial charge on any atom is -0.504 e. The number of carbonyl (C=O) groups excluding carboxylic acids is 2. The van der Waals surface area contributed by atoms with Crippen LogP contribution in [0.2, 0.25) is 0 Å². The Bertz CT molecular complexity index is 953. The van der Waals surface area contributed by atoms with Gasteiger partial charge in [-0.15, -0.1) is 0 Å². The number of phenolic OH excluding ortho intramolecular Hbond substituents is 4. The summed E-state index contributed by atoms with van der Waals surface area (Å²) in [6.45, 7) is -1.15. The van der Waals surface area contributed by atoms with Crippen LogP contribution < -0.4 is 0 Å². The van der Waals surface area contributed by atoms with Crippen LogP contribution in [0.5, 0.6) is 23.0 Å². The molecule has 10 heteroatoms. The fourth-order valence-electron chi connectivity index (χ4n) is 2.40. The second-order valence-corrected chi connectivity index (χ2v) is 6.50. The number of hydrogen-bond donors (Lipinski definition) is 6. The number of benzene rings is 2. The molecule has 166 valence electrons. The average Bonchev–Trinajstić information content (AvgIpc) is 2.74. The Morgan fingerprint density at radius 3 is 2.19 bits per heavy atom. The maximum atomic E-state index is 12.3. The van der Waals surface area contributed by atoms with Gasteiger partial charge in [-0.1, -0.05) is 12.1 Å². The van der Waals surface area contributed by atoms with Crippen molar-refractivity contribution < 1.29 is 49.7 Å². The van der Waals surface area contributed by atoms with Gasteiger partial charge >= 0.3 is 11.9 Å². The number of hydrogen-bond acceptors (Lipinski definition) is 10. The topological polar surface area (TPSA) is 174 Å². The van der Waals surface area contributed by atoms with Gasteiger partial charge in [0.1, 0.15) is 12.7 Å². The van der Waals surface area contributed by atoms with Crippen molar-refractivity contribution in [2.75, 3.05) is 13.2 Å². The number of aromatic hydroxyl groups is 4. The summed E-state index contributed by atoms with van der Waals surface area (Å²) in [4.78, 5) is 24.5. The summed E-state index contributed by atoms with van der Waals surface area (Å²) in [5.74, 6) is -3.44. The predicted octanol–water partition coefficient (Wildman–Crippen LogP) is 0.573. The molecule has 0 aliphatic heterocycles. The van der Waals surface area contributed by atoms with Crippen LogP contribution >= 0.6 is 0 Å². The van der Waals surface area contributed by atoms with Crippen molar-refractivity contribution in [2.24, 2.45) is 0 Å². The van der Waals surface area contributed by atoms with Gasteiger partial charge in [-0.25, -0.2) is 9.59 Å². The lowest BCUT2D eigenvalue weighted by Crippen LogP contribution is -2.33. The highest BCUT2D eigenvalue weighted by atomic mass is 16.6. The third-order valence-corrected chi connectivity index (χ3v) is 4.02. The minimum atomic E-state index is -1.46. The predicted molar refractivity (Wildman–Crippen MR) is 106 cm³/mol. The molecule has 0 saturated heterocycles. The average molecular weight is 434 g/mol. The molecule has 0 saturated carbocycles. The lowest BCUT2D eigenvalue weighted by molar-refractivity contribution is -0.167. The summed E-state index contributed by atoms with van der Waals surface area (Å²) in [5.41, 5.74) is 0.723. The van der Waals surface area contributed by atoms with Gasteiger partial charge in [-0.05, 0) is 41.5 Å². The molecule has 2 atom stereocenters. The van der Waals surface area contributed by atoms with E-state index >= 15 is 0 Å². The first-order chi connectivity index (χ1) is 14.7. The first-order valence-electron chi connectivity index (χ1n) is 9.06. The van der Waals surface area contributed by atoms with E-state index in [9.17, 15) is 35.1 Å². The van der Waals surface area contributed by atoms with Crippen molar-refractivity contribution in [3.63, 3.8) is 0 Å². The van der Waals surface area contributed by atoms with Gasteiger partial charge in [0.25, 0.3) is 0 Å². The largest absolute Gasteiger partial charge is 0.504 e. The lowest BCUT2D eigenvalue weighted by Gasteiger charge is -2.17. The SMILES string of the molecule is O=C(/C=C/c1ccc(O)c(O)c1)OC(Cc1ccc(O)c(O)c1)C(=O)OCC(O)CO. The summed E-state index contributed by atoms with van der Waals surface area (Å²) in [5, 5.41) is 55.9. The second-order valence-electron chi connectivity index (χ2n) is 6.50. The van der Waals surface area contributed by atoms with Crippen LogP contribution in [0.1, 0.15) is 11.1 Å². The van der Waals surface area contributed by atoms with Crippen molar-refractivity contribution in [3.05, 3.63) is 53.6 Å². The summed E-state index contributed by atoms with van der Waals surface area (Å²) < 4.78 is 9.98. The highest BCUT2D eigenvalue weighted by Crippen LogP contribution is 2.26. The maximum Gasteiger partial charge on any atom is 0.347 e. The van der Waals surface area contributed by atoms with Gasteiger partial charge in [-0.2, -0.15) is 0 Å². The molecule has 0 bridgehead atoms.